The van der Waals surface area contributed by atoms with E-state index in [-0.39, 0.29) is 5.97 Å². The number of hydrogen-bond acceptors (Lipinski definition) is 3. The molecule has 0 fully saturated rings. The largest absolute Gasteiger partial charge is 0.424 e. The number of hydrogen-bond donors (Lipinski definition) is 0. The zero-order valence-corrected chi connectivity index (χ0v) is 9.00. The van der Waals surface area contributed by atoms with Gasteiger partial charge in [0.1, 0.15) is 0 Å². The lowest BCUT2D eigenvalue weighted by atomic mass is 10.2. The Morgan fingerprint density at radius 3 is 2.50 bits per heavy atom. The first-order valence-electron chi connectivity index (χ1n) is 4.47. The standard InChI is InChI=1S/C11H15NO2/c1-8-5-6-10(12(3)4)11(7-8)14-9(2)13/h5-7H,1-4H3. The number of anilines is 1. The van der Waals surface area contributed by atoms with Gasteiger partial charge in [-0.15, -0.1) is 0 Å². The maximum atomic E-state index is 10.9. The highest BCUT2D eigenvalue weighted by Gasteiger charge is 2.07. The van der Waals surface area contributed by atoms with E-state index < -0.39 is 0 Å². The van der Waals surface area contributed by atoms with Crippen LogP contribution in [0.25, 0.3) is 0 Å². The molecule has 0 aliphatic carbocycles. The Morgan fingerprint density at radius 2 is 2.00 bits per heavy atom. The molecule has 0 unspecified atom stereocenters. The van der Waals surface area contributed by atoms with E-state index in [0.29, 0.717) is 5.75 Å². The van der Waals surface area contributed by atoms with Gasteiger partial charge in [0, 0.05) is 21.0 Å². The van der Waals surface area contributed by atoms with Gasteiger partial charge in [-0.2, -0.15) is 0 Å². The van der Waals surface area contributed by atoms with Gasteiger partial charge in [0.05, 0.1) is 5.69 Å². The number of esters is 1. The van der Waals surface area contributed by atoms with Gasteiger partial charge >= 0.3 is 5.97 Å². The fraction of sp³-hybridized carbons (Fsp3) is 0.364. The summed E-state index contributed by atoms with van der Waals surface area (Å²) in [5, 5.41) is 0. The molecule has 1 aromatic carbocycles. The topological polar surface area (TPSA) is 29.5 Å². The lowest BCUT2D eigenvalue weighted by molar-refractivity contribution is -0.131. The van der Waals surface area contributed by atoms with E-state index in [4.69, 9.17) is 4.74 Å². The minimum Gasteiger partial charge on any atom is -0.424 e. The lowest BCUT2D eigenvalue weighted by Crippen LogP contribution is -2.12. The van der Waals surface area contributed by atoms with Crippen molar-refractivity contribution in [3.05, 3.63) is 23.8 Å². The second kappa shape index (κ2) is 4.13. The second-order valence-corrected chi connectivity index (χ2v) is 3.46. The Balaban J connectivity index is 3.09. The zero-order chi connectivity index (χ0) is 10.7. The number of carbonyl (C=O) groups excluding carboxylic acids is 1. The predicted molar refractivity (Wildman–Crippen MR) is 56.8 cm³/mol. The maximum Gasteiger partial charge on any atom is 0.308 e. The van der Waals surface area contributed by atoms with Crippen LogP contribution in [0.1, 0.15) is 12.5 Å². The molecule has 0 heterocycles. The van der Waals surface area contributed by atoms with Crippen molar-refractivity contribution < 1.29 is 9.53 Å². The Morgan fingerprint density at radius 1 is 1.36 bits per heavy atom. The third-order valence-electron chi connectivity index (χ3n) is 1.85. The summed E-state index contributed by atoms with van der Waals surface area (Å²) >= 11 is 0. The van der Waals surface area contributed by atoms with Crippen LogP contribution in [0, 0.1) is 6.92 Å². The van der Waals surface area contributed by atoms with Gasteiger partial charge in [-0.25, -0.2) is 0 Å². The van der Waals surface area contributed by atoms with Gasteiger partial charge in [0.2, 0.25) is 0 Å². The summed E-state index contributed by atoms with van der Waals surface area (Å²) in [7, 11) is 3.83. The zero-order valence-electron chi connectivity index (χ0n) is 9.00. The molecule has 0 saturated carbocycles. The van der Waals surface area contributed by atoms with Crippen molar-refractivity contribution in [2.24, 2.45) is 0 Å². The minimum atomic E-state index is -0.293. The first-order valence-corrected chi connectivity index (χ1v) is 4.47. The molecule has 0 saturated heterocycles. The van der Waals surface area contributed by atoms with Gasteiger partial charge in [-0.3, -0.25) is 4.79 Å². The van der Waals surface area contributed by atoms with Crippen LogP contribution in [0.5, 0.6) is 5.75 Å². The molecule has 0 radical (unpaired) electrons. The molecule has 0 spiro atoms. The molecule has 0 N–H and O–H groups in total. The van der Waals surface area contributed by atoms with E-state index in [1.807, 2.05) is 44.1 Å². The van der Waals surface area contributed by atoms with Crippen LogP contribution in [-0.2, 0) is 4.79 Å². The van der Waals surface area contributed by atoms with Crippen molar-refractivity contribution in [3.63, 3.8) is 0 Å². The van der Waals surface area contributed by atoms with Crippen molar-refractivity contribution in [2.75, 3.05) is 19.0 Å². The molecule has 1 rings (SSSR count). The number of nitrogens with zero attached hydrogens (tertiary/aromatic N) is 1. The molecule has 3 nitrogen and oxygen atoms in total. The summed E-state index contributed by atoms with van der Waals surface area (Å²) in [4.78, 5) is 12.8. The van der Waals surface area contributed by atoms with Crippen LogP contribution in [0.15, 0.2) is 18.2 Å². The summed E-state index contributed by atoms with van der Waals surface area (Å²) < 4.78 is 5.11. The average Bonchev–Trinajstić information content (AvgIpc) is 2.01. The summed E-state index contributed by atoms with van der Waals surface area (Å²) in [5.41, 5.74) is 1.98. The van der Waals surface area contributed by atoms with E-state index in [1.165, 1.54) is 6.92 Å². The van der Waals surface area contributed by atoms with Crippen LogP contribution in [0.4, 0.5) is 5.69 Å². The quantitative estimate of drug-likeness (QED) is 0.531. The van der Waals surface area contributed by atoms with E-state index in [2.05, 4.69) is 0 Å². The minimum absolute atomic E-state index is 0.293. The van der Waals surface area contributed by atoms with Gasteiger partial charge < -0.3 is 9.64 Å². The first-order chi connectivity index (χ1) is 6.50. The summed E-state index contributed by atoms with van der Waals surface area (Å²) in [6.07, 6.45) is 0. The van der Waals surface area contributed by atoms with Crippen molar-refractivity contribution in [1.82, 2.24) is 0 Å². The number of aryl methyl sites for hydroxylation is 1. The number of benzene rings is 1. The second-order valence-electron chi connectivity index (χ2n) is 3.46. The van der Waals surface area contributed by atoms with Crippen LogP contribution in [0.3, 0.4) is 0 Å². The van der Waals surface area contributed by atoms with Gasteiger partial charge in [-0.1, -0.05) is 6.07 Å². The molecule has 0 aromatic heterocycles. The fourth-order valence-corrected chi connectivity index (χ4v) is 1.23. The third-order valence-corrected chi connectivity index (χ3v) is 1.85. The Kier molecular flexibility index (Phi) is 3.12. The van der Waals surface area contributed by atoms with Crippen molar-refractivity contribution >= 4 is 11.7 Å². The van der Waals surface area contributed by atoms with Crippen molar-refractivity contribution in [1.29, 1.82) is 0 Å². The SMILES string of the molecule is CC(=O)Oc1cc(C)ccc1N(C)C. The van der Waals surface area contributed by atoms with Crippen molar-refractivity contribution in [2.45, 2.75) is 13.8 Å². The number of carbonyl (C=O) groups is 1. The summed E-state index contributed by atoms with van der Waals surface area (Å²) in [6, 6.07) is 5.78. The normalized spacial score (nSPS) is 9.71. The molecule has 1 aromatic rings. The molecule has 0 atom stereocenters. The lowest BCUT2D eigenvalue weighted by Gasteiger charge is -2.16. The van der Waals surface area contributed by atoms with Crippen LogP contribution in [-0.4, -0.2) is 20.1 Å². The average molecular weight is 193 g/mol. The summed E-state index contributed by atoms with van der Waals surface area (Å²) in [5.74, 6) is 0.321. The van der Waals surface area contributed by atoms with Crippen LogP contribution < -0.4 is 9.64 Å². The highest BCUT2D eigenvalue weighted by Crippen LogP contribution is 2.27. The fourth-order valence-electron chi connectivity index (χ4n) is 1.23. The molecular formula is C11H15NO2. The maximum absolute atomic E-state index is 10.9. The van der Waals surface area contributed by atoms with Crippen LogP contribution in [0.2, 0.25) is 0 Å². The summed E-state index contributed by atoms with van der Waals surface area (Å²) in [6.45, 7) is 3.37. The van der Waals surface area contributed by atoms with E-state index in [9.17, 15) is 4.79 Å². The molecule has 0 amide bonds. The van der Waals surface area contributed by atoms with Gasteiger partial charge in [0.15, 0.2) is 5.75 Å². The molecule has 0 bridgehead atoms. The smallest absolute Gasteiger partial charge is 0.308 e. The first kappa shape index (κ1) is 10.6. The molecule has 14 heavy (non-hydrogen) atoms. The Hall–Kier alpha value is -1.51. The van der Waals surface area contributed by atoms with E-state index in [1.54, 1.807) is 0 Å². The predicted octanol–water partition coefficient (Wildman–Crippen LogP) is 1.99. The molecule has 0 aliphatic heterocycles. The Bertz CT molecular complexity index is 345. The number of rotatable bonds is 2. The molecule has 76 valence electrons. The van der Waals surface area contributed by atoms with Crippen molar-refractivity contribution in [3.8, 4) is 5.75 Å². The monoisotopic (exact) mass is 193 g/mol. The highest BCUT2D eigenvalue weighted by atomic mass is 16.5. The van der Waals surface area contributed by atoms with E-state index >= 15 is 0 Å². The number of ether oxygens (including phenoxy) is 1. The molecule has 0 aliphatic rings. The van der Waals surface area contributed by atoms with E-state index in [0.717, 1.165) is 11.3 Å². The molecular weight excluding hydrogens is 178 g/mol. The van der Waals surface area contributed by atoms with Crippen LogP contribution >= 0.6 is 0 Å². The molecule has 3 heteroatoms. The van der Waals surface area contributed by atoms with Gasteiger partial charge in [0.25, 0.3) is 0 Å². The third kappa shape index (κ3) is 2.49. The highest BCUT2D eigenvalue weighted by molar-refractivity contribution is 5.73. The van der Waals surface area contributed by atoms with Gasteiger partial charge in [-0.05, 0) is 24.6 Å². The Labute approximate surface area is 84.3 Å².